The SMILES string of the molecule is Cc1ccc(C#CCN)c(C(=O)NC2CCC(O)CC2)c1. The number of aliphatic hydroxyl groups excluding tert-OH is 1. The summed E-state index contributed by atoms with van der Waals surface area (Å²) in [6.45, 7) is 2.23. The van der Waals surface area contributed by atoms with Crippen molar-refractivity contribution < 1.29 is 9.90 Å². The second-order valence-corrected chi connectivity index (χ2v) is 5.53. The smallest absolute Gasteiger partial charge is 0.252 e. The molecule has 4 N–H and O–H groups in total. The van der Waals surface area contributed by atoms with Crippen molar-refractivity contribution in [2.45, 2.75) is 44.8 Å². The molecule has 0 atom stereocenters. The molecule has 1 fully saturated rings. The summed E-state index contributed by atoms with van der Waals surface area (Å²) in [5.41, 5.74) is 7.73. The van der Waals surface area contributed by atoms with Gasteiger partial charge in [0.05, 0.1) is 18.2 Å². The molecular formula is C17H22N2O2. The minimum atomic E-state index is -0.219. The van der Waals surface area contributed by atoms with Crippen LogP contribution in [0.3, 0.4) is 0 Å². The number of nitrogens with one attached hydrogen (secondary N) is 1. The summed E-state index contributed by atoms with van der Waals surface area (Å²) < 4.78 is 0. The van der Waals surface area contributed by atoms with Crippen LogP contribution in [0.5, 0.6) is 0 Å². The molecule has 1 saturated carbocycles. The van der Waals surface area contributed by atoms with Crippen molar-refractivity contribution in [2.75, 3.05) is 6.54 Å². The molecule has 1 aliphatic carbocycles. The molecule has 4 heteroatoms. The lowest BCUT2D eigenvalue weighted by atomic mass is 9.92. The third kappa shape index (κ3) is 4.32. The Morgan fingerprint density at radius 1 is 1.38 bits per heavy atom. The molecule has 0 spiro atoms. The highest BCUT2D eigenvalue weighted by Crippen LogP contribution is 2.19. The highest BCUT2D eigenvalue weighted by atomic mass is 16.3. The van der Waals surface area contributed by atoms with Gasteiger partial charge < -0.3 is 16.2 Å². The summed E-state index contributed by atoms with van der Waals surface area (Å²) in [4.78, 5) is 12.5. The normalized spacial score (nSPS) is 21.3. The summed E-state index contributed by atoms with van der Waals surface area (Å²) in [7, 11) is 0. The summed E-state index contributed by atoms with van der Waals surface area (Å²) in [6, 6.07) is 5.79. The van der Waals surface area contributed by atoms with Crippen molar-refractivity contribution >= 4 is 5.91 Å². The van der Waals surface area contributed by atoms with Gasteiger partial charge in [0.15, 0.2) is 0 Å². The first-order valence-electron chi connectivity index (χ1n) is 7.38. The van der Waals surface area contributed by atoms with E-state index in [1.807, 2.05) is 25.1 Å². The molecule has 0 unspecified atom stereocenters. The third-order valence-electron chi connectivity index (χ3n) is 3.78. The Morgan fingerprint density at radius 3 is 2.76 bits per heavy atom. The Labute approximate surface area is 125 Å². The topological polar surface area (TPSA) is 75.4 Å². The van der Waals surface area contributed by atoms with Crippen LogP contribution in [0.2, 0.25) is 0 Å². The average Bonchev–Trinajstić information content (AvgIpc) is 2.48. The fraction of sp³-hybridized carbons (Fsp3) is 0.471. The number of aryl methyl sites for hydroxylation is 1. The maximum absolute atomic E-state index is 12.5. The number of benzene rings is 1. The van der Waals surface area contributed by atoms with E-state index < -0.39 is 0 Å². The molecule has 0 bridgehead atoms. The predicted molar refractivity (Wildman–Crippen MR) is 82.8 cm³/mol. The highest BCUT2D eigenvalue weighted by Gasteiger charge is 2.22. The van der Waals surface area contributed by atoms with Crippen molar-refractivity contribution in [2.24, 2.45) is 5.73 Å². The van der Waals surface area contributed by atoms with E-state index in [0.717, 1.165) is 31.2 Å². The second kappa shape index (κ2) is 7.26. The van der Waals surface area contributed by atoms with Gasteiger partial charge in [0, 0.05) is 11.6 Å². The highest BCUT2D eigenvalue weighted by molar-refractivity contribution is 5.97. The van der Waals surface area contributed by atoms with Crippen molar-refractivity contribution in [3.8, 4) is 11.8 Å². The summed E-state index contributed by atoms with van der Waals surface area (Å²) in [5.74, 6) is 5.65. The maximum Gasteiger partial charge on any atom is 0.252 e. The van der Waals surface area contributed by atoms with Crippen LogP contribution in [-0.2, 0) is 0 Å². The third-order valence-corrected chi connectivity index (χ3v) is 3.78. The molecule has 0 saturated heterocycles. The van der Waals surface area contributed by atoms with Crippen LogP contribution in [-0.4, -0.2) is 29.7 Å². The Balaban J connectivity index is 2.12. The first-order chi connectivity index (χ1) is 10.1. The largest absolute Gasteiger partial charge is 0.393 e. The number of hydrogen-bond donors (Lipinski definition) is 3. The van der Waals surface area contributed by atoms with Crippen LogP contribution in [0.4, 0.5) is 0 Å². The van der Waals surface area contributed by atoms with Gasteiger partial charge in [-0.15, -0.1) is 0 Å². The van der Waals surface area contributed by atoms with E-state index in [-0.39, 0.29) is 24.6 Å². The van der Waals surface area contributed by atoms with E-state index in [0.29, 0.717) is 11.1 Å². The summed E-state index contributed by atoms with van der Waals surface area (Å²) in [6.07, 6.45) is 2.92. The molecule has 4 nitrogen and oxygen atoms in total. The molecule has 0 heterocycles. The van der Waals surface area contributed by atoms with Crippen molar-refractivity contribution in [1.82, 2.24) is 5.32 Å². The molecule has 2 rings (SSSR count). The van der Waals surface area contributed by atoms with Crippen LogP contribution >= 0.6 is 0 Å². The zero-order chi connectivity index (χ0) is 15.2. The standard InChI is InChI=1S/C17H22N2O2/c1-12-4-5-13(3-2-10-18)16(11-12)17(21)19-14-6-8-15(20)9-7-14/h4-5,11,14-15,20H,6-10,18H2,1H3,(H,19,21). The molecule has 112 valence electrons. The van der Waals surface area contributed by atoms with Crippen LogP contribution in [0.1, 0.15) is 47.2 Å². The fourth-order valence-corrected chi connectivity index (χ4v) is 2.58. The van der Waals surface area contributed by atoms with E-state index >= 15 is 0 Å². The number of carbonyl (C=O) groups excluding carboxylic acids is 1. The lowest BCUT2D eigenvalue weighted by Gasteiger charge is -2.26. The zero-order valence-electron chi connectivity index (χ0n) is 12.4. The molecule has 1 aromatic carbocycles. The lowest BCUT2D eigenvalue weighted by molar-refractivity contribution is 0.0867. The van der Waals surface area contributed by atoms with Crippen LogP contribution in [0, 0.1) is 18.8 Å². The molecule has 0 aromatic heterocycles. The molecule has 0 radical (unpaired) electrons. The van der Waals surface area contributed by atoms with Gasteiger partial charge in [0.2, 0.25) is 0 Å². The Bertz CT molecular complexity index is 564. The Kier molecular flexibility index (Phi) is 5.38. The summed E-state index contributed by atoms with van der Waals surface area (Å²) in [5, 5.41) is 12.6. The van der Waals surface area contributed by atoms with Gasteiger partial charge in [-0.2, -0.15) is 0 Å². The summed E-state index contributed by atoms with van der Waals surface area (Å²) >= 11 is 0. The van der Waals surface area contributed by atoms with Crippen molar-refractivity contribution in [3.63, 3.8) is 0 Å². The van der Waals surface area contributed by atoms with Gasteiger partial charge in [-0.1, -0.05) is 23.5 Å². The van der Waals surface area contributed by atoms with Crippen molar-refractivity contribution in [3.05, 3.63) is 34.9 Å². The minimum Gasteiger partial charge on any atom is -0.393 e. The van der Waals surface area contributed by atoms with Crippen LogP contribution in [0.25, 0.3) is 0 Å². The molecule has 1 aromatic rings. The lowest BCUT2D eigenvalue weighted by Crippen LogP contribution is -2.38. The minimum absolute atomic E-state index is 0.0959. The van der Waals surface area contributed by atoms with Gasteiger partial charge in [-0.3, -0.25) is 4.79 Å². The molecule has 1 aliphatic rings. The first kappa shape index (κ1) is 15.6. The van der Waals surface area contributed by atoms with E-state index in [1.165, 1.54) is 0 Å². The zero-order valence-corrected chi connectivity index (χ0v) is 12.4. The molecular weight excluding hydrogens is 264 g/mol. The maximum atomic E-state index is 12.5. The van der Waals surface area contributed by atoms with Gasteiger partial charge >= 0.3 is 0 Å². The van der Waals surface area contributed by atoms with E-state index in [1.54, 1.807) is 0 Å². The number of aliphatic hydroxyl groups is 1. The number of nitrogens with two attached hydrogens (primary N) is 1. The fourth-order valence-electron chi connectivity index (χ4n) is 2.58. The molecule has 1 amide bonds. The number of rotatable bonds is 2. The van der Waals surface area contributed by atoms with E-state index in [4.69, 9.17) is 5.73 Å². The van der Waals surface area contributed by atoms with E-state index in [2.05, 4.69) is 17.2 Å². The molecule has 21 heavy (non-hydrogen) atoms. The first-order valence-corrected chi connectivity index (χ1v) is 7.38. The number of amides is 1. The number of carbonyl (C=O) groups is 1. The molecule has 0 aliphatic heterocycles. The Morgan fingerprint density at radius 2 is 2.10 bits per heavy atom. The van der Waals surface area contributed by atoms with Gasteiger partial charge in [0.25, 0.3) is 5.91 Å². The van der Waals surface area contributed by atoms with Crippen LogP contribution < -0.4 is 11.1 Å². The van der Waals surface area contributed by atoms with Gasteiger partial charge in [-0.05, 0) is 44.7 Å². The van der Waals surface area contributed by atoms with Gasteiger partial charge in [-0.25, -0.2) is 0 Å². The van der Waals surface area contributed by atoms with Gasteiger partial charge in [0.1, 0.15) is 0 Å². The predicted octanol–water partition coefficient (Wildman–Crippen LogP) is 1.34. The average molecular weight is 286 g/mol. The van der Waals surface area contributed by atoms with Crippen LogP contribution in [0.15, 0.2) is 18.2 Å². The quantitative estimate of drug-likeness (QED) is 0.718. The van der Waals surface area contributed by atoms with E-state index in [9.17, 15) is 9.90 Å². The Hall–Kier alpha value is -1.83. The number of hydrogen-bond acceptors (Lipinski definition) is 3. The van der Waals surface area contributed by atoms with Crippen molar-refractivity contribution in [1.29, 1.82) is 0 Å². The second-order valence-electron chi connectivity index (χ2n) is 5.53. The monoisotopic (exact) mass is 286 g/mol.